The highest BCUT2D eigenvalue weighted by Gasteiger charge is 2.12. The summed E-state index contributed by atoms with van der Waals surface area (Å²) in [6.45, 7) is 6.01. The molecule has 0 atom stereocenters. The van der Waals surface area contributed by atoms with Crippen LogP contribution in [-0.2, 0) is 10.5 Å². The van der Waals surface area contributed by atoms with Crippen molar-refractivity contribution in [2.75, 3.05) is 6.61 Å². The molecule has 1 aromatic carbocycles. The Kier molecular flexibility index (Phi) is 5.33. The SMILES string of the molecule is CCOC(=O)c1cnc(CSc2ccccc2C)nc1C. The number of hydrogen-bond acceptors (Lipinski definition) is 5. The molecule has 110 valence electrons. The lowest BCUT2D eigenvalue weighted by atomic mass is 10.2. The van der Waals surface area contributed by atoms with E-state index in [0.29, 0.717) is 29.4 Å². The molecule has 0 aliphatic rings. The average Bonchev–Trinajstić information content (AvgIpc) is 2.46. The number of nitrogens with zero attached hydrogens (tertiary/aromatic N) is 2. The molecule has 0 N–H and O–H groups in total. The lowest BCUT2D eigenvalue weighted by molar-refractivity contribution is 0.0524. The Morgan fingerprint density at radius 1 is 1.29 bits per heavy atom. The highest BCUT2D eigenvalue weighted by Crippen LogP contribution is 2.24. The summed E-state index contributed by atoms with van der Waals surface area (Å²) < 4.78 is 4.97. The van der Waals surface area contributed by atoms with Gasteiger partial charge in [0.05, 0.1) is 23.6 Å². The summed E-state index contributed by atoms with van der Waals surface area (Å²) in [5.74, 6) is 1.02. The molecule has 1 aromatic heterocycles. The lowest BCUT2D eigenvalue weighted by Gasteiger charge is -2.07. The lowest BCUT2D eigenvalue weighted by Crippen LogP contribution is -2.10. The predicted molar refractivity (Wildman–Crippen MR) is 83.5 cm³/mol. The van der Waals surface area contributed by atoms with Gasteiger partial charge in [0.2, 0.25) is 0 Å². The van der Waals surface area contributed by atoms with Crippen molar-refractivity contribution in [2.24, 2.45) is 0 Å². The molecular weight excluding hydrogens is 284 g/mol. The van der Waals surface area contributed by atoms with Crippen molar-refractivity contribution in [3.05, 3.63) is 53.1 Å². The Bertz CT molecular complexity index is 644. The van der Waals surface area contributed by atoms with Gasteiger partial charge >= 0.3 is 5.97 Å². The summed E-state index contributed by atoms with van der Waals surface area (Å²) >= 11 is 1.69. The van der Waals surface area contributed by atoms with Crippen molar-refractivity contribution in [3.63, 3.8) is 0 Å². The third kappa shape index (κ3) is 4.04. The largest absolute Gasteiger partial charge is 0.462 e. The fraction of sp³-hybridized carbons (Fsp3) is 0.312. The van der Waals surface area contributed by atoms with Gasteiger partial charge in [-0.3, -0.25) is 0 Å². The van der Waals surface area contributed by atoms with E-state index in [1.54, 1.807) is 31.8 Å². The topological polar surface area (TPSA) is 52.1 Å². The molecule has 1 heterocycles. The van der Waals surface area contributed by atoms with E-state index in [1.165, 1.54) is 10.5 Å². The third-order valence-electron chi connectivity index (χ3n) is 2.97. The maximum absolute atomic E-state index is 11.7. The first-order chi connectivity index (χ1) is 10.1. The van der Waals surface area contributed by atoms with Gasteiger partial charge in [0, 0.05) is 11.1 Å². The minimum absolute atomic E-state index is 0.350. The number of hydrogen-bond donors (Lipinski definition) is 0. The second kappa shape index (κ2) is 7.22. The number of esters is 1. The van der Waals surface area contributed by atoms with E-state index in [-0.39, 0.29) is 5.97 Å². The van der Waals surface area contributed by atoms with Gasteiger partial charge in [-0.2, -0.15) is 0 Å². The van der Waals surface area contributed by atoms with Crippen LogP contribution in [0.1, 0.15) is 34.4 Å². The number of ether oxygens (including phenoxy) is 1. The van der Waals surface area contributed by atoms with Gasteiger partial charge in [-0.15, -0.1) is 11.8 Å². The van der Waals surface area contributed by atoms with E-state index in [9.17, 15) is 4.79 Å². The van der Waals surface area contributed by atoms with Gasteiger partial charge in [-0.1, -0.05) is 18.2 Å². The first-order valence-electron chi connectivity index (χ1n) is 6.80. The standard InChI is InChI=1S/C16H18N2O2S/c1-4-20-16(19)13-9-17-15(18-12(13)3)10-21-14-8-6-5-7-11(14)2/h5-9H,4,10H2,1-3H3. The molecule has 4 nitrogen and oxygen atoms in total. The number of aromatic nitrogens is 2. The molecule has 0 bridgehead atoms. The molecule has 0 amide bonds. The van der Waals surface area contributed by atoms with Crippen molar-refractivity contribution in [3.8, 4) is 0 Å². The quantitative estimate of drug-likeness (QED) is 0.624. The molecule has 0 aliphatic heterocycles. The van der Waals surface area contributed by atoms with E-state index < -0.39 is 0 Å². The fourth-order valence-corrected chi connectivity index (χ4v) is 2.75. The average molecular weight is 302 g/mol. The first kappa shape index (κ1) is 15.5. The molecule has 2 aromatic rings. The van der Waals surface area contributed by atoms with E-state index >= 15 is 0 Å². The molecule has 0 unspecified atom stereocenters. The van der Waals surface area contributed by atoms with Gasteiger partial charge in [-0.25, -0.2) is 14.8 Å². The fourth-order valence-electron chi connectivity index (χ4n) is 1.85. The minimum Gasteiger partial charge on any atom is -0.462 e. The molecule has 0 spiro atoms. The molecular formula is C16H18N2O2S. The van der Waals surface area contributed by atoms with Crippen LogP contribution in [0.4, 0.5) is 0 Å². The summed E-state index contributed by atoms with van der Waals surface area (Å²) in [6, 6.07) is 8.21. The van der Waals surface area contributed by atoms with Gasteiger partial charge < -0.3 is 4.74 Å². The van der Waals surface area contributed by atoms with Crippen LogP contribution in [0.25, 0.3) is 0 Å². The van der Waals surface area contributed by atoms with Crippen LogP contribution in [0.2, 0.25) is 0 Å². The summed E-state index contributed by atoms with van der Waals surface area (Å²) in [6.07, 6.45) is 1.55. The predicted octanol–water partition coefficient (Wildman–Crippen LogP) is 3.56. The van der Waals surface area contributed by atoms with Gasteiger partial charge in [0.15, 0.2) is 0 Å². The van der Waals surface area contributed by atoms with Crippen LogP contribution in [0.5, 0.6) is 0 Å². The van der Waals surface area contributed by atoms with Gasteiger partial charge in [0.25, 0.3) is 0 Å². The van der Waals surface area contributed by atoms with E-state index in [2.05, 4.69) is 29.0 Å². The summed E-state index contributed by atoms with van der Waals surface area (Å²) in [5, 5.41) is 0. The molecule has 0 aliphatic carbocycles. The second-order valence-electron chi connectivity index (χ2n) is 4.56. The molecule has 0 fully saturated rings. The van der Waals surface area contributed by atoms with Crippen LogP contribution in [0.15, 0.2) is 35.4 Å². The maximum Gasteiger partial charge on any atom is 0.341 e. The van der Waals surface area contributed by atoms with Crippen LogP contribution < -0.4 is 0 Å². The Balaban J connectivity index is 2.07. The van der Waals surface area contributed by atoms with Gasteiger partial charge in [-0.05, 0) is 32.4 Å². The van der Waals surface area contributed by atoms with E-state index in [0.717, 1.165) is 0 Å². The number of rotatable bonds is 5. The first-order valence-corrected chi connectivity index (χ1v) is 7.78. The van der Waals surface area contributed by atoms with Crippen molar-refractivity contribution in [2.45, 2.75) is 31.4 Å². The van der Waals surface area contributed by atoms with Crippen molar-refractivity contribution in [1.29, 1.82) is 0 Å². The van der Waals surface area contributed by atoms with Crippen molar-refractivity contribution < 1.29 is 9.53 Å². The Morgan fingerprint density at radius 3 is 2.71 bits per heavy atom. The van der Waals surface area contributed by atoms with E-state index in [4.69, 9.17) is 4.74 Å². The number of carbonyl (C=O) groups is 1. The zero-order chi connectivity index (χ0) is 15.2. The molecule has 0 radical (unpaired) electrons. The van der Waals surface area contributed by atoms with Crippen molar-refractivity contribution in [1.82, 2.24) is 9.97 Å². The summed E-state index contributed by atoms with van der Waals surface area (Å²) in [4.78, 5) is 21.6. The van der Waals surface area contributed by atoms with Crippen LogP contribution in [0.3, 0.4) is 0 Å². The Labute approximate surface area is 129 Å². The third-order valence-corrected chi connectivity index (χ3v) is 4.15. The molecule has 2 rings (SSSR count). The summed E-state index contributed by atoms with van der Waals surface area (Å²) in [7, 11) is 0. The number of carbonyl (C=O) groups excluding carboxylic acids is 1. The van der Waals surface area contributed by atoms with Crippen molar-refractivity contribution >= 4 is 17.7 Å². The van der Waals surface area contributed by atoms with Gasteiger partial charge in [0.1, 0.15) is 5.82 Å². The zero-order valence-electron chi connectivity index (χ0n) is 12.4. The Hall–Kier alpha value is -1.88. The number of thioether (sulfide) groups is 1. The molecule has 0 saturated heterocycles. The molecule has 5 heteroatoms. The normalized spacial score (nSPS) is 10.4. The molecule has 21 heavy (non-hydrogen) atoms. The van der Waals surface area contributed by atoms with Crippen LogP contribution >= 0.6 is 11.8 Å². The highest BCUT2D eigenvalue weighted by atomic mass is 32.2. The highest BCUT2D eigenvalue weighted by molar-refractivity contribution is 7.98. The Morgan fingerprint density at radius 2 is 2.05 bits per heavy atom. The van der Waals surface area contributed by atoms with Crippen LogP contribution in [-0.4, -0.2) is 22.5 Å². The molecule has 0 saturated carbocycles. The van der Waals surface area contributed by atoms with Crippen LogP contribution in [0, 0.1) is 13.8 Å². The maximum atomic E-state index is 11.7. The number of aryl methyl sites for hydroxylation is 2. The second-order valence-corrected chi connectivity index (χ2v) is 5.58. The summed E-state index contributed by atoms with van der Waals surface area (Å²) in [5.41, 5.74) is 2.33. The van der Waals surface area contributed by atoms with E-state index in [1.807, 2.05) is 12.1 Å². The minimum atomic E-state index is -0.367. The monoisotopic (exact) mass is 302 g/mol. The number of benzene rings is 1. The zero-order valence-corrected chi connectivity index (χ0v) is 13.2. The smallest absolute Gasteiger partial charge is 0.341 e.